The lowest BCUT2D eigenvalue weighted by Gasteiger charge is -2.37. The van der Waals surface area contributed by atoms with E-state index in [4.69, 9.17) is 0 Å². The molecule has 0 spiro atoms. The van der Waals surface area contributed by atoms with E-state index in [-0.39, 0.29) is 11.6 Å². The number of carbonyl (C=O) groups is 1. The third-order valence-electron chi connectivity index (χ3n) is 5.00. The fraction of sp³-hybridized carbons (Fsp3) is 0.588. The molecule has 2 aliphatic rings. The maximum atomic E-state index is 14.1. The van der Waals surface area contributed by atoms with Crippen molar-refractivity contribution in [1.29, 1.82) is 0 Å². The van der Waals surface area contributed by atoms with Crippen LogP contribution in [0.25, 0.3) is 0 Å². The number of rotatable bonds is 4. The molecule has 0 aromatic heterocycles. The largest absolute Gasteiger partial charge is 0.369 e. The Labute approximate surface area is 140 Å². The molecule has 24 heavy (non-hydrogen) atoms. The summed E-state index contributed by atoms with van der Waals surface area (Å²) in [6.07, 6.45) is 4.54. The Morgan fingerprint density at radius 1 is 1.21 bits per heavy atom. The van der Waals surface area contributed by atoms with E-state index in [0.717, 1.165) is 44.8 Å². The lowest BCUT2D eigenvalue weighted by molar-refractivity contribution is -0.385. The van der Waals surface area contributed by atoms with Crippen LogP contribution in [0.1, 0.15) is 32.1 Å². The third-order valence-corrected chi connectivity index (χ3v) is 5.00. The molecular weight excluding hydrogens is 313 g/mol. The molecule has 0 saturated carbocycles. The van der Waals surface area contributed by atoms with Gasteiger partial charge in [-0.25, -0.2) is 4.39 Å². The standard InChI is InChI=1S/C17H22FN3O3/c18-15-11-14(21(23)24)4-5-16(15)19-9-6-13(7-10-19)12-20-8-2-1-3-17(20)22/h4-5,11,13H,1-3,6-10,12H2. The van der Waals surface area contributed by atoms with E-state index in [1.807, 2.05) is 9.80 Å². The van der Waals surface area contributed by atoms with Gasteiger partial charge >= 0.3 is 0 Å². The molecule has 0 aliphatic carbocycles. The molecule has 1 aromatic carbocycles. The number of hydrogen-bond donors (Lipinski definition) is 0. The van der Waals surface area contributed by atoms with Crippen LogP contribution in [0.4, 0.5) is 15.8 Å². The van der Waals surface area contributed by atoms with Crippen LogP contribution < -0.4 is 4.90 Å². The smallest absolute Gasteiger partial charge is 0.272 e. The van der Waals surface area contributed by atoms with Gasteiger partial charge < -0.3 is 9.80 Å². The highest BCUT2D eigenvalue weighted by Crippen LogP contribution is 2.29. The van der Waals surface area contributed by atoms with E-state index >= 15 is 0 Å². The zero-order valence-corrected chi connectivity index (χ0v) is 13.6. The van der Waals surface area contributed by atoms with Gasteiger partial charge in [-0.3, -0.25) is 14.9 Å². The number of nitro groups is 1. The molecule has 0 bridgehead atoms. The van der Waals surface area contributed by atoms with Gasteiger partial charge in [0, 0.05) is 38.7 Å². The molecule has 0 radical (unpaired) electrons. The Hall–Kier alpha value is -2.18. The molecule has 130 valence electrons. The van der Waals surface area contributed by atoms with Gasteiger partial charge in [-0.1, -0.05) is 0 Å². The molecule has 2 fully saturated rings. The van der Waals surface area contributed by atoms with Gasteiger partial charge in [0.05, 0.1) is 16.7 Å². The second-order valence-electron chi connectivity index (χ2n) is 6.62. The summed E-state index contributed by atoms with van der Waals surface area (Å²) >= 11 is 0. The Morgan fingerprint density at radius 3 is 2.58 bits per heavy atom. The molecule has 0 atom stereocenters. The maximum Gasteiger partial charge on any atom is 0.272 e. The van der Waals surface area contributed by atoms with Crippen molar-refractivity contribution < 1.29 is 14.1 Å². The molecule has 3 rings (SSSR count). The Balaban J connectivity index is 1.57. The van der Waals surface area contributed by atoms with E-state index in [1.54, 1.807) is 0 Å². The molecule has 0 unspecified atom stereocenters. The highest BCUT2D eigenvalue weighted by Gasteiger charge is 2.26. The summed E-state index contributed by atoms with van der Waals surface area (Å²) < 4.78 is 14.1. The number of non-ortho nitro benzene ring substituents is 1. The number of amides is 1. The topological polar surface area (TPSA) is 66.7 Å². The van der Waals surface area contributed by atoms with Crippen LogP contribution in [0.5, 0.6) is 0 Å². The Bertz CT molecular complexity index is 630. The van der Waals surface area contributed by atoms with Crippen molar-refractivity contribution >= 4 is 17.3 Å². The van der Waals surface area contributed by atoms with Crippen molar-refractivity contribution in [3.63, 3.8) is 0 Å². The highest BCUT2D eigenvalue weighted by atomic mass is 19.1. The normalized spacial score (nSPS) is 19.6. The first-order valence-electron chi connectivity index (χ1n) is 8.51. The number of hydrogen-bond acceptors (Lipinski definition) is 4. The van der Waals surface area contributed by atoms with Gasteiger partial charge in [-0.05, 0) is 37.7 Å². The van der Waals surface area contributed by atoms with Crippen LogP contribution in [-0.4, -0.2) is 41.9 Å². The molecule has 2 aliphatic heterocycles. The molecule has 1 amide bonds. The van der Waals surface area contributed by atoms with Gasteiger partial charge in [0.15, 0.2) is 5.82 Å². The van der Waals surface area contributed by atoms with Crippen LogP contribution >= 0.6 is 0 Å². The van der Waals surface area contributed by atoms with Gasteiger partial charge in [0.2, 0.25) is 5.91 Å². The minimum atomic E-state index is -0.589. The predicted molar refractivity (Wildman–Crippen MR) is 88.4 cm³/mol. The lowest BCUT2D eigenvalue weighted by Crippen LogP contribution is -2.42. The van der Waals surface area contributed by atoms with Gasteiger partial charge in [0.1, 0.15) is 0 Å². The summed E-state index contributed by atoms with van der Waals surface area (Å²) in [5.74, 6) is 0.156. The second kappa shape index (κ2) is 7.15. The first kappa shape index (κ1) is 16.7. The fourth-order valence-corrected chi connectivity index (χ4v) is 3.59. The number of halogens is 1. The van der Waals surface area contributed by atoms with Crippen molar-refractivity contribution in [1.82, 2.24) is 4.90 Å². The van der Waals surface area contributed by atoms with Crippen molar-refractivity contribution in [2.45, 2.75) is 32.1 Å². The molecule has 2 saturated heterocycles. The lowest BCUT2D eigenvalue weighted by atomic mass is 9.94. The number of nitrogens with zero attached hydrogens (tertiary/aromatic N) is 3. The summed E-state index contributed by atoms with van der Waals surface area (Å²) in [4.78, 5) is 25.9. The molecular formula is C17H22FN3O3. The first-order valence-corrected chi connectivity index (χ1v) is 8.51. The fourth-order valence-electron chi connectivity index (χ4n) is 3.59. The van der Waals surface area contributed by atoms with Crippen LogP contribution in [0.15, 0.2) is 18.2 Å². The van der Waals surface area contributed by atoms with E-state index in [1.165, 1.54) is 12.1 Å². The Morgan fingerprint density at radius 2 is 1.96 bits per heavy atom. The van der Waals surface area contributed by atoms with Gasteiger partial charge in [0.25, 0.3) is 5.69 Å². The van der Waals surface area contributed by atoms with Crippen molar-refractivity contribution in [2.75, 3.05) is 31.1 Å². The van der Waals surface area contributed by atoms with Crippen LogP contribution in [0.3, 0.4) is 0 Å². The van der Waals surface area contributed by atoms with E-state index in [2.05, 4.69) is 0 Å². The summed E-state index contributed by atoms with van der Waals surface area (Å²) in [6.45, 7) is 3.08. The van der Waals surface area contributed by atoms with Gasteiger partial charge in [-0.15, -0.1) is 0 Å². The maximum absolute atomic E-state index is 14.1. The quantitative estimate of drug-likeness (QED) is 0.627. The second-order valence-corrected chi connectivity index (χ2v) is 6.62. The molecule has 7 heteroatoms. The number of likely N-dealkylation sites (tertiary alicyclic amines) is 1. The van der Waals surface area contributed by atoms with Crippen molar-refractivity contribution in [2.24, 2.45) is 5.92 Å². The zero-order valence-electron chi connectivity index (χ0n) is 13.6. The van der Waals surface area contributed by atoms with Crippen molar-refractivity contribution in [3.8, 4) is 0 Å². The molecule has 1 aromatic rings. The SMILES string of the molecule is O=C1CCCCN1CC1CCN(c2ccc([N+](=O)[O-])cc2F)CC1. The average Bonchev–Trinajstić information content (AvgIpc) is 2.58. The minimum Gasteiger partial charge on any atom is -0.369 e. The Kier molecular flexibility index (Phi) is 4.97. The summed E-state index contributed by atoms with van der Waals surface area (Å²) in [5, 5.41) is 10.7. The van der Waals surface area contributed by atoms with Crippen molar-refractivity contribution in [3.05, 3.63) is 34.1 Å². The number of nitro benzene ring substituents is 1. The van der Waals surface area contributed by atoms with E-state index in [0.29, 0.717) is 31.1 Å². The first-order chi connectivity index (χ1) is 11.5. The van der Waals surface area contributed by atoms with Crippen LogP contribution in [-0.2, 0) is 4.79 Å². The monoisotopic (exact) mass is 335 g/mol. The number of anilines is 1. The summed E-state index contributed by atoms with van der Waals surface area (Å²) in [6, 6.07) is 3.81. The predicted octanol–water partition coefficient (Wildman–Crippen LogP) is 2.96. The number of benzene rings is 1. The van der Waals surface area contributed by atoms with Crippen LogP contribution in [0.2, 0.25) is 0 Å². The number of carbonyl (C=O) groups excluding carboxylic acids is 1. The number of piperidine rings is 2. The molecule has 0 N–H and O–H groups in total. The summed E-state index contributed by atoms with van der Waals surface area (Å²) in [7, 11) is 0. The van der Waals surface area contributed by atoms with E-state index < -0.39 is 10.7 Å². The zero-order chi connectivity index (χ0) is 17.1. The molecule has 2 heterocycles. The van der Waals surface area contributed by atoms with E-state index in [9.17, 15) is 19.3 Å². The average molecular weight is 335 g/mol. The van der Waals surface area contributed by atoms with Crippen LogP contribution in [0, 0.1) is 21.8 Å². The third kappa shape index (κ3) is 3.66. The van der Waals surface area contributed by atoms with Gasteiger partial charge in [-0.2, -0.15) is 0 Å². The molecule has 6 nitrogen and oxygen atoms in total. The summed E-state index contributed by atoms with van der Waals surface area (Å²) in [5.41, 5.74) is 0.197. The minimum absolute atomic E-state index is 0.227. The highest BCUT2D eigenvalue weighted by molar-refractivity contribution is 5.76.